The van der Waals surface area contributed by atoms with Crippen molar-refractivity contribution in [2.24, 2.45) is 0 Å². The van der Waals surface area contributed by atoms with Crippen LogP contribution in [0.3, 0.4) is 0 Å². The first kappa shape index (κ1) is 16.2. The molecule has 0 aliphatic carbocycles. The van der Waals surface area contributed by atoms with Gasteiger partial charge in [0, 0.05) is 12.8 Å². The standard InChI is InChI=1S/C16H26O2S/c1-2-3-4-5-6-7-8-9-16(17)18-12-10-15-11-13-19-14-15/h11,13-14H,2-10,12H2,1H3. The van der Waals surface area contributed by atoms with Gasteiger partial charge < -0.3 is 4.74 Å². The highest BCUT2D eigenvalue weighted by molar-refractivity contribution is 7.07. The normalized spacial score (nSPS) is 10.6. The molecule has 0 saturated carbocycles. The first-order valence-electron chi connectivity index (χ1n) is 7.49. The van der Waals surface area contributed by atoms with Crippen molar-refractivity contribution in [1.29, 1.82) is 0 Å². The van der Waals surface area contributed by atoms with Gasteiger partial charge in [0.25, 0.3) is 0 Å². The third kappa shape index (κ3) is 8.82. The van der Waals surface area contributed by atoms with Crippen molar-refractivity contribution >= 4 is 17.3 Å². The minimum atomic E-state index is -0.0382. The molecule has 0 amide bonds. The van der Waals surface area contributed by atoms with Crippen LogP contribution in [-0.2, 0) is 16.0 Å². The van der Waals surface area contributed by atoms with Crippen LogP contribution in [0, 0.1) is 0 Å². The molecule has 1 aromatic rings. The summed E-state index contributed by atoms with van der Waals surface area (Å²) in [5.74, 6) is -0.0382. The number of carbonyl (C=O) groups is 1. The number of hydrogen-bond donors (Lipinski definition) is 0. The highest BCUT2D eigenvalue weighted by atomic mass is 32.1. The number of carbonyl (C=O) groups excluding carboxylic acids is 1. The predicted molar refractivity (Wildman–Crippen MR) is 81.6 cm³/mol. The smallest absolute Gasteiger partial charge is 0.305 e. The first-order valence-corrected chi connectivity index (χ1v) is 8.44. The van der Waals surface area contributed by atoms with Gasteiger partial charge in [-0.1, -0.05) is 45.4 Å². The first-order chi connectivity index (χ1) is 9.33. The Bertz CT molecular complexity index is 319. The van der Waals surface area contributed by atoms with Gasteiger partial charge in [0.2, 0.25) is 0 Å². The topological polar surface area (TPSA) is 26.3 Å². The molecular weight excluding hydrogens is 256 g/mol. The second-order valence-corrected chi connectivity index (χ2v) is 5.75. The van der Waals surface area contributed by atoms with Crippen LogP contribution in [0.25, 0.3) is 0 Å². The van der Waals surface area contributed by atoms with E-state index in [9.17, 15) is 4.79 Å². The van der Waals surface area contributed by atoms with E-state index in [-0.39, 0.29) is 5.97 Å². The number of thiophene rings is 1. The van der Waals surface area contributed by atoms with Gasteiger partial charge in [-0.25, -0.2) is 0 Å². The Hall–Kier alpha value is -0.830. The summed E-state index contributed by atoms with van der Waals surface area (Å²) >= 11 is 1.68. The quantitative estimate of drug-likeness (QED) is 0.423. The zero-order valence-electron chi connectivity index (χ0n) is 12.0. The van der Waals surface area contributed by atoms with Crippen LogP contribution in [0.5, 0.6) is 0 Å². The van der Waals surface area contributed by atoms with E-state index < -0.39 is 0 Å². The number of esters is 1. The zero-order valence-corrected chi connectivity index (χ0v) is 12.8. The molecule has 19 heavy (non-hydrogen) atoms. The number of hydrogen-bond acceptors (Lipinski definition) is 3. The van der Waals surface area contributed by atoms with Gasteiger partial charge in [0.1, 0.15) is 0 Å². The molecule has 0 bridgehead atoms. The fourth-order valence-electron chi connectivity index (χ4n) is 2.02. The number of rotatable bonds is 11. The molecule has 1 heterocycles. The van der Waals surface area contributed by atoms with Crippen LogP contribution < -0.4 is 0 Å². The lowest BCUT2D eigenvalue weighted by atomic mass is 10.1. The van der Waals surface area contributed by atoms with Crippen LogP contribution in [0.4, 0.5) is 0 Å². The van der Waals surface area contributed by atoms with E-state index in [0.29, 0.717) is 13.0 Å². The van der Waals surface area contributed by atoms with Crippen LogP contribution in [0.2, 0.25) is 0 Å². The monoisotopic (exact) mass is 282 g/mol. The van der Waals surface area contributed by atoms with Crippen molar-refractivity contribution in [3.05, 3.63) is 22.4 Å². The van der Waals surface area contributed by atoms with E-state index in [2.05, 4.69) is 23.8 Å². The average Bonchev–Trinajstić information content (AvgIpc) is 2.91. The summed E-state index contributed by atoms with van der Waals surface area (Å²) in [4.78, 5) is 11.5. The van der Waals surface area contributed by atoms with Crippen molar-refractivity contribution in [1.82, 2.24) is 0 Å². The predicted octanol–water partition coefficient (Wildman–Crippen LogP) is 4.97. The van der Waals surface area contributed by atoms with E-state index in [1.165, 1.54) is 37.7 Å². The van der Waals surface area contributed by atoms with Crippen LogP contribution in [0.1, 0.15) is 63.9 Å². The molecule has 0 N–H and O–H groups in total. The van der Waals surface area contributed by atoms with Gasteiger partial charge >= 0.3 is 5.97 Å². The van der Waals surface area contributed by atoms with Crippen molar-refractivity contribution in [3.63, 3.8) is 0 Å². The summed E-state index contributed by atoms with van der Waals surface area (Å²) in [6.07, 6.45) is 10.1. The third-order valence-corrected chi connectivity index (χ3v) is 3.95. The Balaban J connectivity index is 1.88. The maximum atomic E-state index is 11.5. The molecule has 1 rings (SSSR count). The Morgan fingerprint density at radius 3 is 2.58 bits per heavy atom. The second-order valence-electron chi connectivity index (χ2n) is 4.97. The molecule has 0 aliphatic rings. The average molecular weight is 282 g/mol. The molecule has 0 saturated heterocycles. The molecule has 2 nitrogen and oxygen atoms in total. The lowest BCUT2D eigenvalue weighted by Crippen LogP contribution is -2.07. The van der Waals surface area contributed by atoms with Crippen molar-refractivity contribution < 1.29 is 9.53 Å². The Kier molecular flexibility index (Phi) is 9.42. The van der Waals surface area contributed by atoms with Gasteiger partial charge in [-0.05, 0) is 28.8 Å². The maximum absolute atomic E-state index is 11.5. The van der Waals surface area contributed by atoms with Crippen molar-refractivity contribution in [3.8, 4) is 0 Å². The molecule has 0 radical (unpaired) electrons. The minimum absolute atomic E-state index is 0.0382. The molecule has 1 aromatic heterocycles. The second kappa shape index (κ2) is 11.0. The Labute approximate surface area is 121 Å². The van der Waals surface area contributed by atoms with Crippen molar-refractivity contribution in [2.75, 3.05) is 6.61 Å². The Morgan fingerprint density at radius 1 is 1.16 bits per heavy atom. The molecule has 0 atom stereocenters. The van der Waals surface area contributed by atoms with Gasteiger partial charge in [-0.3, -0.25) is 4.79 Å². The molecule has 0 unspecified atom stereocenters. The van der Waals surface area contributed by atoms with Gasteiger partial charge in [-0.15, -0.1) is 0 Å². The zero-order chi connectivity index (χ0) is 13.8. The molecule has 3 heteroatoms. The SMILES string of the molecule is CCCCCCCCCC(=O)OCCc1ccsc1. The molecule has 0 aromatic carbocycles. The van der Waals surface area contributed by atoms with Crippen LogP contribution in [-0.4, -0.2) is 12.6 Å². The summed E-state index contributed by atoms with van der Waals surface area (Å²) in [6, 6.07) is 2.08. The third-order valence-electron chi connectivity index (χ3n) is 3.22. The fraction of sp³-hybridized carbons (Fsp3) is 0.688. The van der Waals surface area contributed by atoms with Crippen LogP contribution >= 0.6 is 11.3 Å². The molecule has 0 fully saturated rings. The van der Waals surface area contributed by atoms with Crippen LogP contribution in [0.15, 0.2) is 16.8 Å². The van der Waals surface area contributed by atoms with E-state index in [1.54, 1.807) is 11.3 Å². The fourth-order valence-corrected chi connectivity index (χ4v) is 2.72. The molecule has 0 aliphatic heterocycles. The number of ether oxygens (including phenoxy) is 1. The lowest BCUT2D eigenvalue weighted by Gasteiger charge is -2.04. The van der Waals surface area contributed by atoms with E-state index >= 15 is 0 Å². The summed E-state index contributed by atoms with van der Waals surface area (Å²) in [5.41, 5.74) is 1.26. The largest absolute Gasteiger partial charge is 0.465 e. The van der Waals surface area contributed by atoms with Gasteiger partial charge in [0.05, 0.1) is 6.61 Å². The molecule has 108 valence electrons. The van der Waals surface area contributed by atoms with Crippen molar-refractivity contribution in [2.45, 2.75) is 64.7 Å². The molecular formula is C16H26O2S. The summed E-state index contributed by atoms with van der Waals surface area (Å²) in [5, 5.41) is 4.15. The van der Waals surface area contributed by atoms with E-state index in [1.807, 2.05) is 0 Å². The lowest BCUT2D eigenvalue weighted by molar-refractivity contribution is -0.143. The highest BCUT2D eigenvalue weighted by Gasteiger charge is 2.03. The summed E-state index contributed by atoms with van der Waals surface area (Å²) < 4.78 is 5.23. The minimum Gasteiger partial charge on any atom is -0.465 e. The highest BCUT2D eigenvalue weighted by Crippen LogP contribution is 2.09. The van der Waals surface area contributed by atoms with E-state index in [0.717, 1.165) is 19.3 Å². The Morgan fingerprint density at radius 2 is 1.89 bits per heavy atom. The number of unbranched alkanes of at least 4 members (excludes halogenated alkanes) is 6. The van der Waals surface area contributed by atoms with E-state index in [4.69, 9.17) is 4.74 Å². The van der Waals surface area contributed by atoms with Gasteiger partial charge in [0.15, 0.2) is 0 Å². The van der Waals surface area contributed by atoms with Gasteiger partial charge in [-0.2, -0.15) is 11.3 Å². The summed E-state index contributed by atoms with van der Waals surface area (Å²) in [6.45, 7) is 2.75. The summed E-state index contributed by atoms with van der Waals surface area (Å²) in [7, 11) is 0. The molecule has 0 spiro atoms. The maximum Gasteiger partial charge on any atom is 0.305 e.